The van der Waals surface area contributed by atoms with Crippen molar-refractivity contribution in [2.75, 3.05) is 12.9 Å². The fourth-order valence-electron chi connectivity index (χ4n) is 2.46. The Labute approximate surface area is 163 Å². The van der Waals surface area contributed by atoms with E-state index in [0.29, 0.717) is 9.86 Å². The van der Waals surface area contributed by atoms with Crippen molar-refractivity contribution in [3.8, 4) is 5.75 Å². The molecule has 9 heteroatoms. The van der Waals surface area contributed by atoms with Crippen LogP contribution in [0.3, 0.4) is 0 Å². The van der Waals surface area contributed by atoms with Gasteiger partial charge in [0.2, 0.25) is 5.91 Å². The van der Waals surface area contributed by atoms with E-state index >= 15 is 0 Å². The molecule has 1 amide bonds. The van der Waals surface area contributed by atoms with Gasteiger partial charge >= 0.3 is 0 Å². The summed E-state index contributed by atoms with van der Waals surface area (Å²) in [6, 6.07) is 12.0. The topological polar surface area (TPSA) is 94.4 Å². The number of hydrogen-bond donors (Lipinski definition) is 1. The average molecular weight is 403 g/mol. The van der Waals surface area contributed by atoms with E-state index in [0.717, 1.165) is 16.0 Å². The van der Waals surface area contributed by atoms with Crippen LogP contribution in [0.25, 0.3) is 10.2 Å². The molecule has 0 aliphatic rings. The van der Waals surface area contributed by atoms with Crippen LogP contribution < -0.4 is 10.1 Å². The molecule has 2 aromatic carbocycles. The molecule has 1 unspecified atom stereocenters. The SMILES string of the molecule is COc1ccc(C(C)NC(=O)CSc2nc3cc([N+](=O)[O-])ccc3s2)cc1. The molecular weight excluding hydrogens is 386 g/mol. The first-order valence-corrected chi connectivity index (χ1v) is 9.87. The summed E-state index contributed by atoms with van der Waals surface area (Å²) in [6.07, 6.45) is 0. The summed E-state index contributed by atoms with van der Waals surface area (Å²) in [7, 11) is 1.61. The monoisotopic (exact) mass is 403 g/mol. The summed E-state index contributed by atoms with van der Waals surface area (Å²) in [6.45, 7) is 1.92. The standard InChI is InChI=1S/C18H17N3O4S2/c1-11(12-3-6-14(25-2)7-4-12)19-17(22)10-26-18-20-15-9-13(21(23)24)5-8-16(15)27-18/h3-9,11H,10H2,1-2H3,(H,19,22). The molecule has 3 aromatic rings. The average Bonchev–Trinajstić information content (AvgIpc) is 3.08. The van der Waals surface area contributed by atoms with E-state index in [1.807, 2.05) is 31.2 Å². The quantitative estimate of drug-likeness (QED) is 0.361. The van der Waals surface area contributed by atoms with Crippen molar-refractivity contribution in [1.29, 1.82) is 0 Å². The molecule has 7 nitrogen and oxygen atoms in total. The van der Waals surface area contributed by atoms with Crippen molar-refractivity contribution in [3.63, 3.8) is 0 Å². The lowest BCUT2D eigenvalue weighted by molar-refractivity contribution is -0.384. The summed E-state index contributed by atoms with van der Waals surface area (Å²) in [5.41, 5.74) is 1.57. The molecule has 0 aliphatic heterocycles. The lowest BCUT2D eigenvalue weighted by Gasteiger charge is -2.14. The molecular formula is C18H17N3O4S2. The molecule has 3 rings (SSSR count). The maximum atomic E-state index is 12.2. The molecule has 0 radical (unpaired) electrons. The Hall–Kier alpha value is -2.65. The normalized spacial score (nSPS) is 11.9. The second-order valence-corrected chi connectivity index (χ2v) is 7.99. The number of nitro benzene ring substituents is 1. The zero-order valence-corrected chi connectivity index (χ0v) is 16.3. The molecule has 0 spiro atoms. The van der Waals surface area contributed by atoms with Crippen molar-refractivity contribution >= 4 is 44.9 Å². The first-order valence-electron chi connectivity index (χ1n) is 8.07. The lowest BCUT2D eigenvalue weighted by atomic mass is 10.1. The summed E-state index contributed by atoms with van der Waals surface area (Å²) < 4.78 is 6.69. The van der Waals surface area contributed by atoms with Gasteiger partial charge in [-0.05, 0) is 30.7 Å². The number of hydrogen-bond acceptors (Lipinski definition) is 7. The van der Waals surface area contributed by atoms with E-state index in [-0.39, 0.29) is 23.4 Å². The summed E-state index contributed by atoms with van der Waals surface area (Å²) in [5.74, 6) is 0.889. The van der Waals surface area contributed by atoms with Crippen molar-refractivity contribution in [2.45, 2.75) is 17.3 Å². The number of nitrogens with zero attached hydrogens (tertiary/aromatic N) is 2. The van der Waals surface area contributed by atoms with Gasteiger partial charge < -0.3 is 10.1 Å². The number of amides is 1. The fraction of sp³-hybridized carbons (Fsp3) is 0.222. The number of nitro groups is 1. The Morgan fingerprint density at radius 3 is 2.74 bits per heavy atom. The Kier molecular flexibility index (Phi) is 5.92. The molecule has 0 fully saturated rings. The number of aromatic nitrogens is 1. The lowest BCUT2D eigenvalue weighted by Crippen LogP contribution is -2.28. The van der Waals surface area contributed by atoms with Crippen LogP contribution in [0.1, 0.15) is 18.5 Å². The number of rotatable bonds is 7. The number of non-ortho nitro benzene ring substituents is 1. The third kappa shape index (κ3) is 4.75. The van der Waals surface area contributed by atoms with Crippen LogP contribution in [0, 0.1) is 10.1 Å². The molecule has 1 atom stereocenters. The van der Waals surface area contributed by atoms with Gasteiger partial charge in [-0.25, -0.2) is 4.98 Å². The van der Waals surface area contributed by atoms with Crippen molar-refractivity contribution in [3.05, 3.63) is 58.1 Å². The van der Waals surface area contributed by atoms with Crippen molar-refractivity contribution in [2.24, 2.45) is 0 Å². The highest BCUT2D eigenvalue weighted by molar-refractivity contribution is 8.01. The molecule has 27 heavy (non-hydrogen) atoms. The zero-order valence-electron chi connectivity index (χ0n) is 14.7. The van der Waals surface area contributed by atoms with Crippen LogP contribution in [-0.4, -0.2) is 28.7 Å². The van der Waals surface area contributed by atoms with E-state index in [9.17, 15) is 14.9 Å². The second-order valence-electron chi connectivity index (χ2n) is 5.74. The molecule has 0 saturated carbocycles. The summed E-state index contributed by atoms with van der Waals surface area (Å²) in [5, 5.41) is 13.8. The Balaban J connectivity index is 1.58. The van der Waals surface area contributed by atoms with Crippen LogP contribution in [0.5, 0.6) is 5.75 Å². The maximum absolute atomic E-state index is 12.2. The minimum atomic E-state index is -0.445. The molecule has 1 heterocycles. The summed E-state index contributed by atoms with van der Waals surface area (Å²) >= 11 is 2.73. The molecule has 0 bridgehead atoms. The number of carbonyl (C=O) groups is 1. The van der Waals surface area contributed by atoms with Crippen molar-refractivity contribution in [1.82, 2.24) is 10.3 Å². The van der Waals surface area contributed by atoms with Gasteiger partial charge in [-0.2, -0.15) is 0 Å². The van der Waals surface area contributed by atoms with Crippen LogP contribution in [0.15, 0.2) is 46.8 Å². The van der Waals surface area contributed by atoms with E-state index in [1.54, 1.807) is 13.2 Å². The van der Waals surface area contributed by atoms with Crippen LogP contribution in [0.4, 0.5) is 5.69 Å². The number of thioether (sulfide) groups is 1. The first-order chi connectivity index (χ1) is 13.0. The minimum absolute atomic E-state index is 0.00964. The highest BCUT2D eigenvalue weighted by Crippen LogP contribution is 2.31. The molecule has 1 aromatic heterocycles. The highest BCUT2D eigenvalue weighted by atomic mass is 32.2. The number of ether oxygens (including phenoxy) is 1. The molecule has 0 saturated heterocycles. The number of methoxy groups -OCH3 is 1. The van der Waals surface area contributed by atoms with Crippen LogP contribution >= 0.6 is 23.1 Å². The van der Waals surface area contributed by atoms with Gasteiger partial charge in [-0.1, -0.05) is 23.9 Å². The predicted octanol–water partition coefficient (Wildman–Crippen LogP) is 4.18. The van der Waals surface area contributed by atoms with Gasteiger partial charge in [0.05, 0.1) is 34.0 Å². The van der Waals surface area contributed by atoms with E-state index in [2.05, 4.69) is 10.3 Å². The Bertz CT molecular complexity index is 972. The Morgan fingerprint density at radius 1 is 1.33 bits per heavy atom. The second kappa shape index (κ2) is 8.36. The van der Waals surface area contributed by atoms with E-state index in [4.69, 9.17) is 4.74 Å². The summed E-state index contributed by atoms with van der Waals surface area (Å²) in [4.78, 5) is 27.0. The van der Waals surface area contributed by atoms with Gasteiger partial charge in [0, 0.05) is 12.1 Å². The van der Waals surface area contributed by atoms with E-state index < -0.39 is 4.92 Å². The van der Waals surface area contributed by atoms with Crippen LogP contribution in [-0.2, 0) is 4.79 Å². The van der Waals surface area contributed by atoms with Gasteiger partial charge in [-0.15, -0.1) is 11.3 Å². The predicted molar refractivity (Wildman–Crippen MR) is 107 cm³/mol. The maximum Gasteiger partial charge on any atom is 0.271 e. The first kappa shape index (κ1) is 19.1. The number of carbonyl (C=O) groups excluding carboxylic acids is 1. The van der Waals surface area contributed by atoms with Gasteiger partial charge in [0.15, 0.2) is 4.34 Å². The van der Waals surface area contributed by atoms with Crippen LogP contribution in [0.2, 0.25) is 0 Å². The smallest absolute Gasteiger partial charge is 0.271 e. The largest absolute Gasteiger partial charge is 0.497 e. The van der Waals surface area contributed by atoms with Gasteiger partial charge in [0.1, 0.15) is 5.75 Å². The molecule has 140 valence electrons. The van der Waals surface area contributed by atoms with Crippen molar-refractivity contribution < 1.29 is 14.5 Å². The number of thiazole rings is 1. The Morgan fingerprint density at radius 2 is 2.07 bits per heavy atom. The third-order valence-corrected chi connectivity index (χ3v) is 6.06. The fourth-order valence-corrected chi connectivity index (χ4v) is 4.32. The highest BCUT2D eigenvalue weighted by Gasteiger charge is 2.13. The van der Waals surface area contributed by atoms with Gasteiger partial charge in [-0.3, -0.25) is 14.9 Å². The molecule has 0 aliphatic carbocycles. The van der Waals surface area contributed by atoms with Gasteiger partial charge in [0.25, 0.3) is 5.69 Å². The minimum Gasteiger partial charge on any atom is -0.497 e. The number of benzene rings is 2. The van der Waals surface area contributed by atoms with E-state index in [1.165, 1.54) is 35.2 Å². The third-order valence-electron chi connectivity index (χ3n) is 3.88. The zero-order chi connectivity index (χ0) is 19.4. The number of nitrogens with one attached hydrogen (secondary N) is 1. The number of fused-ring (bicyclic) bond motifs is 1. The molecule has 1 N–H and O–H groups in total.